The Labute approximate surface area is 148 Å². The molecule has 6 heteroatoms. The summed E-state index contributed by atoms with van der Waals surface area (Å²) in [5.41, 5.74) is 9.63. The molecule has 2 aliphatic rings. The Morgan fingerprint density at radius 2 is 2.04 bits per heavy atom. The number of amides is 2. The maximum absolute atomic E-state index is 12.5. The highest BCUT2D eigenvalue weighted by Gasteiger charge is 2.32. The van der Waals surface area contributed by atoms with Gasteiger partial charge in [0.1, 0.15) is 12.4 Å². The zero-order chi connectivity index (χ0) is 17.6. The van der Waals surface area contributed by atoms with Crippen molar-refractivity contribution < 1.29 is 14.3 Å². The summed E-state index contributed by atoms with van der Waals surface area (Å²) in [7, 11) is 0. The predicted octanol–water partition coefficient (Wildman–Crippen LogP) is 3.19. The third kappa shape index (κ3) is 2.68. The highest BCUT2D eigenvalue weighted by atomic mass is 35.5. The molecule has 2 amide bonds. The van der Waals surface area contributed by atoms with Gasteiger partial charge in [0.25, 0.3) is 5.91 Å². The summed E-state index contributed by atoms with van der Waals surface area (Å²) < 4.78 is 5.82. The molecule has 2 heterocycles. The zero-order valence-electron chi connectivity index (χ0n) is 13.0. The monoisotopic (exact) mass is 352 g/mol. The second-order valence-electron chi connectivity index (χ2n) is 5.79. The van der Waals surface area contributed by atoms with Gasteiger partial charge in [0.05, 0.1) is 5.57 Å². The molecular formula is C19H13ClN2O3. The van der Waals surface area contributed by atoms with E-state index in [-0.39, 0.29) is 5.91 Å². The van der Waals surface area contributed by atoms with Crippen molar-refractivity contribution in [2.24, 2.45) is 5.73 Å². The fourth-order valence-corrected chi connectivity index (χ4v) is 3.18. The molecule has 5 nitrogen and oxygen atoms in total. The van der Waals surface area contributed by atoms with E-state index in [0.29, 0.717) is 28.6 Å². The first-order chi connectivity index (χ1) is 12.0. The van der Waals surface area contributed by atoms with Gasteiger partial charge in [-0.2, -0.15) is 0 Å². The van der Waals surface area contributed by atoms with E-state index in [2.05, 4.69) is 5.32 Å². The summed E-state index contributed by atoms with van der Waals surface area (Å²) in [5.74, 6) is -0.227. The molecule has 0 atom stereocenters. The van der Waals surface area contributed by atoms with E-state index >= 15 is 0 Å². The molecule has 0 radical (unpaired) electrons. The molecule has 0 saturated carbocycles. The van der Waals surface area contributed by atoms with E-state index in [1.165, 1.54) is 6.08 Å². The van der Waals surface area contributed by atoms with Gasteiger partial charge in [0.15, 0.2) is 0 Å². The van der Waals surface area contributed by atoms with Crippen LogP contribution < -0.4 is 11.1 Å². The topological polar surface area (TPSA) is 81.4 Å². The van der Waals surface area contributed by atoms with Crippen molar-refractivity contribution in [1.82, 2.24) is 0 Å². The highest BCUT2D eigenvalue weighted by Crippen LogP contribution is 2.42. The van der Waals surface area contributed by atoms with Crippen LogP contribution in [-0.2, 0) is 20.9 Å². The third-order valence-corrected chi connectivity index (χ3v) is 4.38. The number of nitrogens with two attached hydrogens (primary N) is 1. The first-order valence-corrected chi connectivity index (χ1v) is 8.00. The van der Waals surface area contributed by atoms with Crippen LogP contribution in [0.3, 0.4) is 0 Å². The summed E-state index contributed by atoms with van der Waals surface area (Å²) in [5, 5.41) is 3.37. The van der Waals surface area contributed by atoms with Gasteiger partial charge < -0.3 is 15.8 Å². The minimum atomic E-state index is -0.519. The lowest BCUT2D eigenvalue weighted by atomic mass is 9.98. The molecule has 0 bridgehead atoms. The number of hydrogen-bond acceptors (Lipinski definition) is 3. The minimum absolute atomic E-state index is 0.224. The molecule has 0 aromatic heterocycles. The van der Waals surface area contributed by atoms with Gasteiger partial charge in [0, 0.05) is 33.5 Å². The van der Waals surface area contributed by atoms with Crippen LogP contribution in [0.1, 0.15) is 22.3 Å². The Bertz CT molecular complexity index is 992. The molecule has 2 aromatic rings. The number of anilines is 1. The van der Waals surface area contributed by atoms with Gasteiger partial charge in [-0.15, -0.1) is 0 Å². The molecule has 3 N–H and O–H groups in total. The number of primary amides is 1. The van der Waals surface area contributed by atoms with Crippen LogP contribution in [0, 0.1) is 0 Å². The summed E-state index contributed by atoms with van der Waals surface area (Å²) in [6.45, 7) is 0.386. The first-order valence-electron chi connectivity index (χ1n) is 7.62. The van der Waals surface area contributed by atoms with Crippen molar-refractivity contribution >= 4 is 46.5 Å². The lowest BCUT2D eigenvalue weighted by molar-refractivity contribution is -0.113. The van der Waals surface area contributed by atoms with Crippen molar-refractivity contribution in [3.8, 4) is 0 Å². The zero-order valence-corrected chi connectivity index (χ0v) is 13.8. The SMILES string of the molecule is NC(=O)C=Cc1ccc2c(c1)C(=C1C(=O)Nc3ccc(Cl)cc31)OC2. The van der Waals surface area contributed by atoms with Crippen molar-refractivity contribution in [3.63, 3.8) is 0 Å². The normalized spacial score (nSPS) is 18.0. The Balaban J connectivity index is 1.86. The molecule has 2 aromatic carbocycles. The molecule has 0 aliphatic carbocycles. The van der Waals surface area contributed by atoms with Gasteiger partial charge in [0.2, 0.25) is 5.91 Å². The number of halogens is 1. The Hall–Kier alpha value is -3.05. The fraction of sp³-hybridized carbons (Fsp3) is 0.0526. The third-order valence-electron chi connectivity index (χ3n) is 4.14. The Kier molecular flexibility index (Phi) is 3.58. The van der Waals surface area contributed by atoms with Crippen molar-refractivity contribution in [3.05, 3.63) is 69.8 Å². The van der Waals surface area contributed by atoms with E-state index in [1.807, 2.05) is 18.2 Å². The molecule has 124 valence electrons. The van der Waals surface area contributed by atoms with E-state index in [0.717, 1.165) is 22.3 Å². The first kappa shape index (κ1) is 15.5. The fourth-order valence-electron chi connectivity index (χ4n) is 3.01. The molecular weight excluding hydrogens is 340 g/mol. The lowest BCUT2D eigenvalue weighted by Gasteiger charge is -2.06. The molecule has 0 spiro atoms. The Morgan fingerprint density at radius 1 is 1.20 bits per heavy atom. The van der Waals surface area contributed by atoms with Crippen LogP contribution >= 0.6 is 11.6 Å². The van der Waals surface area contributed by atoms with Crippen LogP contribution in [0.15, 0.2) is 42.5 Å². The van der Waals surface area contributed by atoms with Crippen molar-refractivity contribution in [1.29, 1.82) is 0 Å². The molecule has 2 aliphatic heterocycles. The van der Waals surface area contributed by atoms with Gasteiger partial charge >= 0.3 is 0 Å². The van der Waals surface area contributed by atoms with Crippen LogP contribution in [-0.4, -0.2) is 11.8 Å². The highest BCUT2D eigenvalue weighted by molar-refractivity contribution is 6.38. The second kappa shape index (κ2) is 5.79. The number of fused-ring (bicyclic) bond motifs is 2. The van der Waals surface area contributed by atoms with Crippen LogP contribution in [0.25, 0.3) is 17.4 Å². The molecule has 0 unspecified atom stereocenters. The lowest BCUT2D eigenvalue weighted by Crippen LogP contribution is -2.06. The van der Waals surface area contributed by atoms with Gasteiger partial charge in [-0.3, -0.25) is 9.59 Å². The summed E-state index contributed by atoms with van der Waals surface area (Å²) in [6.07, 6.45) is 2.92. The summed E-state index contributed by atoms with van der Waals surface area (Å²) >= 11 is 6.08. The predicted molar refractivity (Wildman–Crippen MR) is 96.4 cm³/mol. The van der Waals surface area contributed by atoms with Gasteiger partial charge in [-0.1, -0.05) is 23.7 Å². The van der Waals surface area contributed by atoms with Crippen molar-refractivity contribution in [2.45, 2.75) is 6.61 Å². The summed E-state index contributed by atoms with van der Waals surface area (Å²) in [6, 6.07) is 10.9. The van der Waals surface area contributed by atoms with E-state index in [1.54, 1.807) is 24.3 Å². The van der Waals surface area contributed by atoms with E-state index in [4.69, 9.17) is 22.1 Å². The largest absolute Gasteiger partial charge is 0.487 e. The molecule has 0 fully saturated rings. The number of hydrogen-bond donors (Lipinski definition) is 2. The van der Waals surface area contributed by atoms with Crippen LogP contribution in [0.5, 0.6) is 0 Å². The maximum atomic E-state index is 12.5. The summed E-state index contributed by atoms with van der Waals surface area (Å²) in [4.78, 5) is 23.4. The number of carbonyl (C=O) groups excluding carboxylic acids is 2. The average molecular weight is 353 g/mol. The number of ether oxygens (including phenoxy) is 1. The maximum Gasteiger partial charge on any atom is 0.260 e. The molecule has 25 heavy (non-hydrogen) atoms. The Morgan fingerprint density at radius 3 is 2.84 bits per heavy atom. The van der Waals surface area contributed by atoms with Gasteiger partial charge in [-0.05, 0) is 35.9 Å². The van der Waals surface area contributed by atoms with E-state index in [9.17, 15) is 9.59 Å². The van der Waals surface area contributed by atoms with Gasteiger partial charge in [-0.25, -0.2) is 0 Å². The smallest absolute Gasteiger partial charge is 0.260 e. The molecule has 0 saturated heterocycles. The van der Waals surface area contributed by atoms with Crippen LogP contribution in [0.2, 0.25) is 5.02 Å². The van der Waals surface area contributed by atoms with Crippen molar-refractivity contribution in [2.75, 3.05) is 5.32 Å². The standard InChI is InChI=1S/C19H13ClN2O3/c20-12-4-5-15-14(8-12)17(19(24)22-15)18-13-7-10(2-6-16(21)23)1-3-11(13)9-25-18/h1-8H,9H2,(H2,21,23)(H,22,24). The van der Waals surface area contributed by atoms with E-state index < -0.39 is 5.91 Å². The number of benzene rings is 2. The number of rotatable bonds is 2. The van der Waals surface area contributed by atoms with Crippen LogP contribution in [0.4, 0.5) is 5.69 Å². The number of nitrogens with one attached hydrogen (secondary N) is 1. The quantitative estimate of drug-likeness (QED) is 0.814. The molecule has 4 rings (SSSR count). The minimum Gasteiger partial charge on any atom is -0.487 e. The second-order valence-corrected chi connectivity index (χ2v) is 6.23. The average Bonchev–Trinajstić information content (AvgIpc) is 3.12. The number of carbonyl (C=O) groups is 2.